The molecular weight excluding hydrogens is 615 g/mol. The van der Waals surface area contributed by atoms with Gasteiger partial charge in [0.25, 0.3) is 0 Å². The van der Waals surface area contributed by atoms with Crippen LogP contribution in [-0.2, 0) is 65.8 Å². The van der Waals surface area contributed by atoms with Crippen LogP contribution in [0, 0.1) is 0 Å². The lowest BCUT2D eigenvalue weighted by atomic mass is 9.90. The Morgan fingerprint density at radius 2 is 1.11 bits per heavy atom. The van der Waals surface area contributed by atoms with E-state index in [9.17, 15) is 14.4 Å². The maximum absolute atomic E-state index is 12.1. The fraction of sp³-hybridized carbons (Fsp3) is 0.900. The summed E-state index contributed by atoms with van der Waals surface area (Å²) >= 11 is 0. The molecule has 4 rings (SSSR count). The third-order valence-corrected chi connectivity index (χ3v) is 10.3. The molecule has 4 aliphatic heterocycles. The summed E-state index contributed by atoms with van der Waals surface area (Å²) in [6.07, 6.45) is -5.53. The number of rotatable bonds is 9. The highest BCUT2D eigenvalue weighted by atomic mass is 31.2. The zero-order valence-electron chi connectivity index (χ0n) is 27.8. The first-order valence-corrected chi connectivity index (χ1v) is 16.7. The van der Waals surface area contributed by atoms with Crippen LogP contribution in [0.25, 0.3) is 0 Å². The minimum atomic E-state index is -1.70. The summed E-state index contributed by atoms with van der Waals surface area (Å²) < 4.78 is 65.8. The van der Waals surface area contributed by atoms with Crippen molar-refractivity contribution in [3.63, 3.8) is 0 Å². The van der Waals surface area contributed by atoms with E-state index in [-0.39, 0.29) is 31.0 Å². The average Bonchev–Trinajstić information content (AvgIpc) is 3.09. The summed E-state index contributed by atoms with van der Waals surface area (Å²) in [5.74, 6) is -1.33. The first-order chi connectivity index (χ1) is 20.9. The lowest BCUT2D eigenvalue weighted by Crippen LogP contribution is -2.56. The lowest BCUT2D eigenvalue weighted by molar-refractivity contribution is -0.325. The molecule has 0 aromatic rings. The maximum atomic E-state index is 12.1. The van der Waals surface area contributed by atoms with E-state index in [1.165, 1.54) is 20.8 Å². The average molecular weight is 665 g/mol. The highest BCUT2D eigenvalue weighted by molar-refractivity contribution is 7.42. The molecule has 0 N–H and O–H groups in total. The largest absolute Gasteiger partial charge is 0.460 e. The van der Waals surface area contributed by atoms with E-state index >= 15 is 0 Å². The Morgan fingerprint density at radius 1 is 0.600 bits per heavy atom. The van der Waals surface area contributed by atoms with Crippen molar-refractivity contribution in [2.45, 2.75) is 174 Å². The van der Waals surface area contributed by atoms with Gasteiger partial charge in [-0.2, -0.15) is 0 Å². The van der Waals surface area contributed by atoms with Crippen LogP contribution in [-0.4, -0.2) is 96.8 Å². The van der Waals surface area contributed by atoms with Crippen LogP contribution in [0.1, 0.15) is 94.9 Å². The van der Waals surface area contributed by atoms with Gasteiger partial charge in [-0.05, 0) is 54.9 Å². The van der Waals surface area contributed by atoms with Crippen molar-refractivity contribution in [2.75, 3.05) is 0 Å². The van der Waals surface area contributed by atoms with Gasteiger partial charge in [-0.15, -0.1) is 0 Å². The second-order valence-electron chi connectivity index (χ2n) is 13.0. The number of carbonyl (C=O) groups is 3. The van der Waals surface area contributed by atoms with Gasteiger partial charge in [-0.25, -0.2) is 0 Å². The normalized spacial score (nSPS) is 40.0. The molecule has 0 saturated carbocycles. The van der Waals surface area contributed by atoms with Crippen LogP contribution < -0.4 is 0 Å². The molecule has 4 aliphatic rings. The molecule has 4 fully saturated rings. The van der Waals surface area contributed by atoms with Gasteiger partial charge in [0.05, 0.1) is 18.3 Å². The van der Waals surface area contributed by atoms with Gasteiger partial charge >= 0.3 is 26.5 Å². The molecule has 11 atom stereocenters. The molecule has 4 heterocycles. The molecule has 258 valence electrons. The Balaban J connectivity index is 1.42. The Hall–Kier alpha value is -1.48. The molecule has 0 unspecified atom stereocenters. The van der Waals surface area contributed by atoms with Crippen molar-refractivity contribution in [2.24, 2.45) is 0 Å². The third kappa shape index (κ3) is 9.33. The highest BCUT2D eigenvalue weighted by Crippen LogP contribution is 2.59. The van der Waals surface area contributed by atoms with E-state index in [4.69, 9.17) is 51.5 Å². The molecule has 0 amide bonds. The first kappa shape index (κ1) is 36.4. The van der Waals surface area contributed by atoms with Crippen LogP contribution in [0.2, 0.25) is 0 Å². The van der Waals surface area contributed by atoms with Crippen molar-refractivity contribution < 1.29 is 65.8 Å². The van der Waals surface area contributed by atoms with Gasteiger partial charge in [0, 0.05) is 40.0 Å². The maximum Gasteiger partial charge on any atom is 0.336 e. The van der Waals surface area contributed by atoms with E-state index in [0.29, 0.717) is 12.8 Å². The minimum Gasteiger partial charge on any atom is -0.460 e. The fourth-order valence-electron chi connectivity index (χ4n) is 5.69. The van der Waals surface area contributed by atoms with E-state index in [0.717, 1.165) is 0 Å². The lowest BCUT2D eigenvalue weighted by Gasteiger charge is -2.45. The Bertz CT molecular complexity index is 1040. The predicted molar refractivity (Wildman–Crippen MR) is 156 cm³/mol. The summed E-state index contributed by atoms with van der Waals surface area (Å²) in [5.41, 5.74) is -1.13. The molecular formula is C30H49O14P. The summed E-state index contributed by atoms with van der Waals surface area (Å²) in [5, 5.41) is 0. The van der Waals surface area contributed by atoms with Crippen LogP contribution in [0.4, 0.5) is 0 Å². The third-order valence-electron chi connectivity index (χ3n) is 8.65. The number of carbonyl (C=O) groups excluding carboxylic acids is 3. The molecule has 15 heteroatoms. The van der Waals surface area contributed by atoms with Gasteiger partial charge in [0.15, 0.2) is 25.0 Å². The number of ether oxygens (including phenoxy) is 8. The summed E-state index contributed by atoms with van der Waals surface area (Å²) in [4.78, 5) is 35.5. The van der Waals surface area contributed by atoms with Crippen molar-refractivity contribution in [3.8, 4) is 0 Å². The van der Waals surface area contributed by atoms with Crippen LogP contribution >= 0.6 is 8.60 Å². The molecule has 0 spiro atoms. The van der Waals surface area contributed by atoms with Gasteiger partial charge < -0.3 is 46.9 Å². The van der Waals surface area contributed by atoms with Gasteiger partial charge in [-0.3, -0.25) is 18.9 Å². The molecule has 0 aromatic carbocycles. The highest BCUT2D eigenvalue weighted by Gasteiger charge is 2.53. The van der Waals surface area contributed by atoms with E-state index < -0.39 is 87.2 Å². The zero-order valence-corrected chi connectivity index (χ0v) is 28.7. The summed E-state index contributed by atoms with van der Waals surface area (Å²) in [6, 6.07) is 0. The van der Waals surface area contributed by atoms with E-state index in [1.807, 2.05) is 34.6 Å². The van der Waals surface area contributed by atoms with Gasteiger partial charge in [0.1, 0.15) is 35.6 Å². The topological polar surface area (TPSA) is 153 Å². The van der Waals surface area contributed by atoms with Crippen LogP contribution in [0.15, 0.2) is 0 Å². The van der Waals surface area contributed by atoms with Crippen molar-refractivity contribution in [3.05, 3.63) is 0 Å². The smallest absolute Gasteiger partial charge is 0.336 e. The van der Waals surface area contributed by atoms with Crippen molar-refractivity contribution in [1.29, 1.82) is 0 Å². The quantitative estimate of drug-likeness (QED) is 0.197. The number of hydrogen-bond acceptors (Lipinski definition) is 14. The van der Waals surface area contributed by atoms with E-state index in [1.54, 1.807) is 13.8 Å². The van der Waals surface area contributed by atoms with Crippen LogP contribution in [0.5, 0.6) is 0 Å². The summed E-state index contributed by atoms with van der Waals surface area (Å²) in [6.45, 7) is 17.1. The van der Waals surface area contributed by atoms with Crippen LogP contribution in [0.3, 0.4) is 0 Å². The molecule has 0 aromatic heterocycles. The molecule has 0 aliphatic carbocycles. The minimum absolute atomic E-state index is 0.177. The van der Waals surface area contributed by atoms with Crippen molar-refractivity contribution >= 4 is 26.5 Å². The molecule has 4 saturated heterocycles. The molecule has 14 nitrogen and oxygen atoms in total. The first-order valence-electron chi connectivity index (χ1n) is 15.6. The standard InChI is InChI=1S/C30H49O14P/c1-15-21(37-18(4)31)11-12-24(34-15)40-23-13-25(35-16(2)27(23)39-20(6)33)41-28-17(3)36-26(14-22(28)38-19(5)32)42-45-43-29(7,8)30(9,10)44-45/h15-17,21-28H,11-14H2,1-10H3/t15-,16+,17+,21-,22+,23+,24-,25-,26+,27+,28+/m0/s1. The molecule has 0 radical (unpaired) electrons. The van der Waals surface area contributed by atoms with Gasteiger partial charge in [0.2, 0.25) is 0 Å². The van der Waals surface area contributed by atoms with E-state index in [2.05, 4.69) is 0 Å². The Kier molecular flexibility index (Phi) is 11.9. The Morgan fingerprint density at radius 3 is 1.69 bits per heavy atom. The number of esters is 3. The monoisotopic (exact) mass is 664 g/mol. The molecule has 0 bridgehead atoms. The Labute approximate surface area is 266 Å². The number of hydrogen-bond donors (Lipinski definition) is 0. The van der Waals surface area contributed by atoms with Gasteiger partial charge in [-0.1, -0.05) is 0 Å². The second-order valence-corrected chi connectivity index (χ2v) is 14.1. The fourth-order valence-corrected chi connectivity index (χ4v) is 7.33. The second kappa shape index (κ2) is 14.7. The van der Waals surface area contributed by atoms with Crippen molar-refractivity contribution in [1.82, 2.24) is 0 Å². The molecule has 45 heavy (non-hydrogen) atoms. The summed E-state index contributed by atoms with van der Waals surface area (Å²) in [7, 11) is -1.70. The zero-order chi connectivity index (χ0) is 33.3. The predicted octanol–water partition coefficient (Wildman–Crippen LogP) is 4.19. The SMILES string of the molecule is CC(=O)O[C@@H]1[C@@H](C)O[C@@H](O[C@@H]2[C@@H](C)O[C@H](OP3OC(C)(C)C(C)(C)O3)C[C@H]2OC(C)=O)C[C@H]1O[C@H]1CC[C@H](OC(C)=O)[C@H](C)O1.